The summed E-state index contributed by atoms with van der Waals surface area (Å²) >= 11 is 0. The van der Waals surface area contributed by atoms with Crippen molar-refractivity contribution in [3.05, 3.63) is 0 Å². The van der Waals surface area contributed by atoms with Crippen molar-refractivity contribution in [1.82, 2.24) is 5.32 Å². The van der Waals surface area contributed by atoms with E-state index in [4.69, 9.17) is 0 Å². The van der Waals surface area contributed by atoms with Crippen LogP contribution in [0.4, 0.5) is 0 Å². The maximum atomic E-state index is 3.21. The van der Waals surface area contributed by atoms with Crippen LogP contribution in [0.15, 0.2) is 0 Å². The Hall–Kier alpha value is -0.0400. The second-order valence-electron chi connectivity index (χ2n) is 6.13. The Bertz CT molecular complexity index is 152. The highest BCUT2D eigenvalue weighted by Gasteiger charge is 2.17. The molecule has 0 aliphatic heterocycles. The molecule has 98 valence electrons. The standard InChI is InChI=1S/C15H33N/c1-6-14(2)10-12-15(3,4)11-8-7-9-13-16-5/h14,16H,6-13H2,1-5H3. The molecule has 0 aliphatic carbocycles. The first-order valence-corrected chi connectivity index (χ1v) is 7.16. The van der Waals surface area contributed by atoms with Crippen molar-refractivity contribution >= 4 is 0 Å². The largest absolute Gasteiger partial charge is 0.320 e. The van der Waals surface area contributed by atoms with Gasteiger partial charge in [-0.3, -0.25) is 0 Å². The second kappa shape index (κ2) is 9.04. The molecule has 0 saturated heterocycles. The molecule has 0 saturated carbocycles. The molecule has 1 N–H and O–H groups in total. The van der Waals surface area contributed by atoms with Gasteiger partial charge in [0.25, 0.3) is 0 Å². The highest BCUT2D eigenvalue weighted by molar-refractivity contribution is 4.70. The Morgan fingerprint density at radius 1 is 1.06 bits per heavy atom. The molecule has 0 radical (unpaired) electrons. The summed E-state index contributed by atoms with van der Waals surface area (Å²) in [6.45, 7) is 10.7. The van der Waals surface area contributed by atoms with Crippen molar-refractivity contribution in [2.45, 2.75) is 72.6 Å². The van der Waals surface area contributed by atoms with Gasteiger partial charge in [-0.05, 0) is 44.2 Å². The summed E-state index contributed by atoms with van der Waals surface area (Å²) in [5.74, 6) is 0.906. The Labute approximate surface area is 103 Å². The van der Waals surface area contributed by atoms with Gasteiger partial charge in [-0.25, -0.2) is 0 Å². The van der Waals surface area contributed by atoms with E-state index in [2.05, 4.69) is 33.0 Å². The number of hydrogen-bond donors (Lipinski definition) is 1. The summed E-state index contributed by atoms with van der Waals surface area (Å²) in [5.41, 5.74) is 0.559. The van der Waals surface area contributed by atoms with Gasteiger partial charge in [0.15, 0.2) is 0 Å². The monoisotopic (exact) mass is 227 g/mol. The molecule has 1 heteroatoms. The molecule has 0 amide bonds. The van der Waals surface area contributed by atoms with Crippen LogP contribution in [0.3, 0.4) is 0 Å². The van der Waals surface area contributed by atoms with Crippen LogP contribution < -0.4 is 5.32 Å². The molecule has 0 spiro atoms. The molecule has 0 aromatic carbocycles. The molecule has 0 aromatic heterocycles. The molecule has 16 heavy (non-hydrogen) atoms. The van der Waals surface area contributed by atoms with Gasteiger partial charge in [0, 0.05) is 0 Å². The predicted molar refractivity (Wildman–Crippen MR) is 74.9 cm³/mol. The van der Waals surface area contributed by atoms with Crippen LogP contribution in [0.5, 0.6) is 0 Å². The minimum atomic E-state index is 0.559. The number of rotatable bonds is 10. The van der Waals surface area contributed by atoms with Crippen molar-refractivity contribution in [2.24, 2.45) is 11.3 Å². The third-order valence-corrected chi connectivity index (χ3v) is 3.79. The Morgan fingerprint density at radius 2 is 1.75 bits per heavy atom. The van der Waals surface area contributed by atoms with E-state index in [-0.39, 0.29) is 0 Å². The second-order valence-corrected chi connectivity index (χ2v) is 6.13. The lowest BCUT2D eigenvalue weighted by Gasteiger charge is -2.26. The number of unbranched alkanes of at least 4 members (excludes halogenated alkanes) is 2. The van der Waals surface area contributed by atoms with Gasteiger partial charge in [0.05, 0.1) is 0 Å². The highest BCUT2D eigenvalue weighted by atomic mass is 14.8. The number of nitrogens with one attached hydrogen (secondary N) is 1. The van der Waals surface area contributed by atoms with Crippen molar-refractivity contribution in [3.63, 3.8) is 0 Å². The van der Waals surface area contributed by atoms with E-state index in [0.717, 1.165) is 5.92 Å². The molecule has 0 bridgehead atoms. The van der Waals surface area contributed by atoms with Gasteiger partial charge in [0.1, 0.15) is 0 Å². The topological polar surface area (TPSA) is 12.0 Å². The Balaban J connectivity index is 3.53. The van der Waals surface area contributed by atoms with Crippen molar-refractivity contribution in [1.29, 1.82) is 0 Å². The van der Waals surface area contributed by atoms with Crippen LogP contribution in [0.25, 0.3) is 0 Å². The summed E-state index contributed by atoms with van der Waals surface area (Å²) in [4.78, 5) is 0. The summed E-state index contributed by atoms with van der Waals surface area (Å²) in [6.07, 6.45) is 9.64. The van der Waals surface area contributed by atoms with Crippen LogP contribution in [-0.2, 0) is 0 Å². The first-order chi connectivity index (χ1) is 7.52. The fourth-order valence-electron chi connectivity index (χ4n) is 2.05. The fourth-order valence-corrected chi connectivity index (χ4v) is 2.05. The summed E-state index contributed by atoms with van der Waals surface area (Å²) in [6, 6.07) is 0. The zero-order valence-electron chi connectivity index (χ0n) is 12.2. The zero-order valence-corrected chi connectivity index (χ0v) is 12.2. The average molecular weight is 227 g/mol. The van der Waals surface area contributed by atoms with Gasteiger partial charge in [-0.2, -0.15) is 0 Å². The third-order valence-electron chi connectivity index (χ3n) is 3.79. The van der Waals surface area contributed by atoms with E-state index in [1.54, 1.807) is 0 Å². The molecule has 0 aromatic rings. The lowest BCUT2D eigenvalue weighted by atomic mass is 9.80. The van der Waals surface area contributed by atoms with E-state index in [0.29, 0.717) is 5.41 Å². The maximum absolute atomic E-state index is 3.21. The van der Waals surface area contributed by atoms with Gasteiger partial charge in [-0.15, -0.1) is 0 Å². The molecular weight excluding hydrogens is 194 g/mol. The molecular formula is C15H33N. The molecule has 1 unspecified atom stereocenters. The van der Waals surface area contributed by atoms with E-state index >= 15 is 0 Å². The SMILES string of the molecule is CCC(C)CCC(C)(C)CCCCCNC. The van der Waals surface area contributed by atoms with E-state index in [9.17, 15) is 0 Å². The van der Waals surface area contributed by atoms with Crippen LogP contribution in [-0.4, -0.2) is 13.6 Å². The maximum Gasteiger partial charge on any atom is -0.00519 e. The third kappa shape index (κ3) is 9.21. The van der Waals surface area contributed by atoms with E-state index < -0.39 is 0 Å². The zero-order chi connectivity index (χ0) is 12.4. The molecule has 1 atom stereocenters. The minimum absolute atomic E-state index is 0.559. The summed E-state index contributed by atoms with van der Waals surface area (Å²) in [7, 11) is 2.04. The average Bonchev–Trinajstić information content (AvgIpc) is 2.25. The highest BCUT2D eigenvalue weighted by Crippen LogP contribution is 2.31. The predicted octanol–water partition coefficient (Wildman–Crippen LogP) is 4.62. The van der Waals surface area contributed by atoms with Crippen molar-refractivity contribution in [3.8, 4) is 0 Å². The van der Waals surface area contributed by atoms with Gasteiger partial charge in [-0.1, -0.05) is 53.4 Å². The summed E-state index contributed by atoms with van der Waals surface area (Å²) in [5, 5.41) is 3.21. The van der Waals surface area contributed by atoms with Crippen LogP contribution in [0, 0.1) is 11.3 Å². The molecule has 0 rings (SSSR count). The van der Waals surface area contributed by atoms with E-state index in [1.165, 1.54) is 51.5 Å². The van der Waals surface area contributed by atoms with Gasteiger partial charge in [0.2, 0.25) is 0 Å². The normalized spacial score (nSPS) is 14.1. The van der Waals surface area contributed by atoms with Crippen LogP contribution in [0.1, 0.15) is 72.6 Å². The molecule has 0 heterocycles. The van der Waals surface area contributed by atoms with Crippen molar-refractivity contribution < 1.29 is 0 Å². The molecule has 0 fully saturated rings. The quantitative estimate of drug-likeness (QED) is 0.537. The van der Waals surface area contributed by atoms with Crippen LogP contribution in [0.2, 0.25) is 0 Å². The first kappa shape index (κ1) is 16.0. The van der Waals surface area contributed by atoms with Gasteiger partial charge >= 0.3 is 0 Å². The lowest BCUT2D eigenvalue weighted by molar-refractivity contribution is 0.266. The van der Waals surface area contributed by atoms with Crippen molar-refractivity contribution in [2.75, 3.05) is 13.6 Å². The smallest absolute Gasteiger partial charge is 0.00519 e. The summed E-state index contributed by atoms with van der Waals surface area (Å²) < 4.78 is 0. The first-order valence-electron chi connectivity index (χ1n) is 7.16. The molecule has 0 aliphatic rings. The van der Waals surface area contributed by atoms with E-state index in [1.807, 2.05) is 7.05 Å². The Kier molecular flexibility index (Phi) is 9.02. The van der Waals surface area contributed by atoms with Crippen LogP contribution >= 0.6 is 0 Å². The lowest BCUT2D eigenvalue weighted by Crippen LogP contribution is -2.13. The number of hydrogen-bond acceptors (Lipinski definition) is 1. The van der Waals surface area contributed by atoms with Gasteiger partial charge < -0.3 is 5.32 Å². The fraction of sp³-hybridized carbons (Fsp3) is 1.00. The Morgan fingerprint density at radius 3 is 2.31 bits per heavy atom. The minimum Gasteiger partial charge on any atom is -0.320 e. The molecule has 1 nitrogen and oxygen atoms in total.